The third-order valence-corrected chi connectivity index (χ3v) is 4.06. The highest BCUT2D eigenvalue weighted by molar-refractivity contribution is 6.10. The molecule has 6 heteroatoms. The number of hydrogen-bond acceptors (Lipinski definition) is 1. The number of rotatable bonds is 1. The van der Waals surface area contributed by atoms with Gasteiger partial charge in [-0.15, -0.1) is 0 Å². The molecule has 0 aliphatic heterocycles. The van der Waals surface area contributed by atoms with Crippen molar-refractivity contribution in [2.75, 3.05) is 0 Å². The van der Waals surface area contributed by atoms with Crippen LogP contribution in [0.5, 0.6) is 0 Å². The maximum atomic E-state index is 14.3. The second-order valence-electron chi connectivity index (χ2n) is 5.47. The Morgan fingerprint density at radius 3 is 1.64 bits per heavy atom. The number of benzene rings is 3. The number of fused-ring (bicyclic) bond motifs is 3. The summed E-state index contributed by atoms with van der Waals surface area (Å²) in [5, 5.41) is 1.61. The van der Waals surface area contributed by atoms with Crippen molar-refractivity contribution >= 4 is 21.7 Å². The van der Waals surface area contributed by atoms with Crippen LogP contribution in [0.25, 0.3) is 32.9 Å². The third-order valence-electron chi connectivity index (χ3n) is 4.06. The molecule has 0 N–H and O–H groups in total. The van der Waals surface area contributed by atoms with E-state index in [0.717, 1.165) is 0 Å². The van der Waals surface area contributed by atoms with Crippen LogP contribution < -0.4 is 0 Å². The Bertz CT molecular complexity index is 1120. The number of pyridine rings is 1. The van der Waals surface area contributed by atoms with Gasteiger partial charge in [-0.2, -0.15) is 0 Å². The molecular formula is C19H8F5N. The number of para-hydroxylation sites is 1. The second-order valence-corrected chi connectivity index (χ2v) is 5.47. The summed E-state index contributed by atoms with van der Waals surface area (Å²) in [5.41, 5.74) is -0.930. The maximum Gasteiger partial charge on any atom is 0.200 e. The van der Waals surface area contributed by atoms with Gasteiger partial charge in [-0.25, -0.2) is 26.9 Å². The molecule has 0 unspecified atom stereocenters. The van der Waals surface area contributed by atoms with Crippen molar-refractivity contribution in [3.8, 4) is 11.3 Å². The zero-order chi connectivity index (χ0) is 17.7. The molecule has 3 aromatic carbocycles. The number of hydrogen-bond donors (Lipinski definition) is 0. The summed E-state index contributed by atoms with van der Waals surface area (Å²) in [6, 6.07) is 13.4. The summed E-state index contributed by atoms with van der Waals surface area (Å²) in [5.74, 6) is -9.97. The van der Waals surface area contributed by atoms with E-state index >= 15 is 0 Å². The van der Waals surface area contributed by atoms with Gasteiger partial charge in [-0.3, -0.25) is 0 Å². The molecule has 0 saturated heterocycles. The zero-order valence-corrected chi connectivity index (χ0v) is 12.5. The Hall–Kier alpha value is -3.02. The Labute approximate surface area is 138 Å². The quantitative estimate of drug-likeness (QED) is 0.185. The minimum Gasteiger partial charge on any atom is -0.247 e. The van der Waals surface area contributed by atoms with Crippen molar-refractivity contribution in [3.63, 3.8) is 0 Å². The summed E-state index contributed by atoms with van der Waals surface area (Å²) in [6.45, 7) is 0. The molecule has 0 aliphatic rings. The first kappa shape index (κ1) is 15.5. The average molecular weight is 345 g/mol. The van der Waals surface area contributed by atoms with E-state index in [4.69, 9.17) is 0 Å². The van der Waals surface area contributed by atoms with Crippen LogP contribution >= 0.6 is 0 Å². The Morgan fingerprint density at radius 2 is 1.00 bits per heavy atom. The summed E-state index contributed by atoms with van der Waals surface area (Å²) >= 11 is 0. The highest BCUT2D eigenvalue weighted by atomic mass is 19.2. The van der Waals surface area contributed by atoms with E-state index in [-0.39, 0.29) is 5.69 Å². The van der Waals surface area contributed by atoms with Gasteiger partial charge in [-0.05, 0) is 11.5 Å². The van der Waals surface area contributed by atoms with Gasteiger partial charge in [0.15, 0.2) is 23.3 Å². The number of aromatic nitrogens is 1. The van der Waals surface area contributed by atoms with Crippen LogP contribution in [0.15, 0.2) is 48.5 Å². The van der Waals surface area contributed by atoms with Crippen molar-refractivity contribution in [2.24, 2.45) is 0 Å². The van der Waals surface area contributed by atoms with Crippen molar-refractivity contribution in [2.45, 2.75) is 0 Å². The molecule has 4 aromatic rings. The molecule has 4 rings (SSSR count). The first-order chi connectivity index (χ1) is 12.0. The summed E-state index contributed by atoms with van der Waals surface area (Å²) in [4.78, 5) is 4.17. The second kappa shape index (κ2) is 5.51. The monoisotopic (exact) mass is 345 g/mol. The van der Waals surface area contributed by atoms with Gasteiger partial charge in [0.2, 0.25) is 5.82 Å². The fourth-order valence-corrected chi connectivity index (χ4v) is 2.91. The van der Waals surface area contributed by atoms with Crippen LogP contribution in [0.1, 0.15) is 0 Å². The lowest BCUT2D eigenvalue weighted by Gasteiger charge is -2.12. The van der Waals surface area contributed by atoms with E-state index in [1.54, 1.807) is 42.5 Å². The SMILES string of the molecule is Fc1c(F)c(F)c(-c2nc3ccccc3c3ccccc23)c(F)c1F. The van der Waals surface area contributed by atoms with E-state index < -0.39 is 34.6 Å². The molecule has 1 nitrogen and oxygen atoms in total. The van der Waals surface area contributed by atoms with Crippen molar-refractivity contribution in [3.05, 3.63) is 77.6 Å². The normalized spacial score (nSPS) is 11.4. The largest absolute Gasteiger partial charge is 0.247 e. The fraction of sp³-hybridized carbons (Fsp3) is 0. The van der Waals surface area contributed by atoms with Gasteiger partial charge in [0.1, 0.15) is 0 Å². The number of halogens is 5. The van der Waals surface area contributed by atoms with Crippen molar-refractivity contribution in [1.82, 2.24) is 4.98 Å². The van der Waals surface area contributed by atoms with Crippen LogP contribution in [-0.2, 0) is 0 Å². The molecule has 1 heterocycles. The van der Waals surface area contributed by atoms with E-state index in [1.165, 1.54) is 6.07 Å². The van der Waals surface area contributed by atoms with E-state index in [0.29, 0.717) is 21.7 Å². The van der Waals surface area contributed by atoms with Gasteiger partial charge >= 0.3 is 0 Å². The molecule has 0 atom stereocenters. The predicted molar refractivity (Wildman–Crippen MR) is 84.5 cm³/mol. The van der Waals surface area contributed by atoms with Crippen molar-refractivity contribution in [1.29, 1.82) is 0 Å². The minimum atomic E-state index is -2.19. The van der Waals surface area contributed by atoms with Crippen LogP contribution in [-0.4, -0.2) is 4.98 Å². The fourth-order valence-electron chi connectivity index (χ4n) is 2.91. The molecule has 0 aliphatic carbocycles. The van der Waals surface area contributed by atoms with Crippen molar-refractivity contribution < 1.29 is 22.0 Å². The molecule has 0 bridgehead atoms. The topological polar surface area (TPSA) is 12.9 Å². The minimum absolute atomic E-state index is 0.290. The van der Waals surface area contributed by atoms with Gasteiger partial charge in [-0.1, -0.05) is 42.5 Å². The Morgan fingerprint density at radius 1 is 0.520 bits per heavy atom. The zero-order valence-electron chi connectivity index (χ0n) is 12.5. The molecule has 0 spiro atoms. The third kappa shape index (κ3) is 2.17. The van der Waals surface area contributed by atoms with Crippen LogP contribution in [0.3, 0.4) is 0 Å². The van der Waals surface area contributed by atoms with E-state index in [1.807, 2.05) is 0 Å². The van der Waals surface area contributed by atoms with Crippen LogP contribution in [0.4, 0.5) is 22.0 Å². The maximum absolute atomic E-state index is 14.3. The lowest BCUT2D eigenvalue weighted by atomic mass is 9.99. The smallest absolute Gasteiger partial charge is 0.200 e. The molecular weight excluding hydrogens is 337 g/mol. The van der Waals surface area contributed by atoms with E-state index in [2.05, 4.69) is 4.98 Å². The van der Waals surface area contributed by atoms with Crippen LogP contribution in [0, 0.1) is 29.1 Å². The Balaban J connectivity index is 2.22. The first-order valence-corrected chi connectivity index (χ1v) is 7.30. The molecule has 0 amide bonds. The predicted octanol–water partition coefficient (Wildman–Crippen LogP) is 5.75. The van der Waals surface area contributed by atoms with Gasteiger partial charge in [0, 0.05) is 10.8 Å². The highest BCUT2D eigenvalue weighted by Gasteiger charge is 2.28. The highest BCUT2D eigenvalue weighted by Crippen LogP contribution is 2.37. The lowest BCUT2D eigenvalue weighted by molar-refractivity contribution is 0.381. The van der Waals surface area contributed by atoms with Gasteiger partial charge < -0.3 is 0 Å². The first-order valence-electron chi connectivity index (χ1n) is 7.30. The van der Waals surface area contributed by atoms with Gasteiger partial charge in [0.25, 0.3) is 0 Å². The number of nitrogens with zero attached hydrogens (tertiary/aromatic N) is 1. The average Bonchev–Trinajstić information content (AvgIpc) is 2.65. The van der Waals surface area contributed by atoms with E-state index in [9.17, 15) is 22.0 Å². The molecule has 0 saturated carbocycles. The molecule has 1 aromatic heterocycles. The molecule has 0 fully saturated rings. The lowest BCUT2D eigenvalue weighted by Crippen LogP contribution is -2.05. The standard InChI is InChI=1S/C19H8F5N/c20-14-13(15(21)17(23)18(24)16(14)22)19-11-7-2-1-5-9(11)10-6-3-4-8-12(10)25-19/h1-8H. The summed E-state index contributed by atoms with van der Waals surface area (Å²) in [6.07, 6.45) is 0. The van der Waals surface area contributed by atoms with Gasteiger partial charge in [0.05, 0.1) is 16.8 Å². The summed E-state index contributed by atoms with van der Waals surface area (Å²) < 4.78 is 69.1. The Kier molecular flexibility index (Phi) is 3.42. The molecule has 25 heavy (non-hydrogen) atoms. The summed E-state index contributed by atoms with van der Waals surface area (Å²) in [7, 11) is 0. The van der Waals surface area contributed by atoms with Crippen LogP contribution in [0.2, 0.25) is 0 Å². The molecule has 124 valence electrons. The molecule has 0 radical (unpaired) electrons.